The molecule has 6 heteroatoms. The first-order valence-electron chi connectivity index (χ1n) is 4.47. The van der Waals surface area contributed by atoms with Gasteiger partial charge in [-0.1, -0.05) is 12.1 Å². The van der Waals surface area contributed by atoms with E-state index in [-0.39, 0.29) is 17.8 Å². The molecule has 1 atom stereocenters. The summed E-state index contributed by atoms with van der Waals surface area (Å²) in [5, 5.41) is 5.93. The number of amides is 1. The zero-order valence-electron chi connectivity index (χ0n) is 8.28. The van der Waals surface area contributed by atoms with Gasteiger partial charge in [-0.2, -0.15) is 4.98 Å². The number of hydrogen-bond acceptors (Lipinski definition) is 5. The molecule has 0 aliphatic heterocycles. The van der Waals surface area contributed by atoms with Gasteiger partial charge in [-0.25, -0.2) is 0 Å². The second kappa shape index (κ2) is 4.71. The van der Waals surface area contributed by atoms with Gasteiger partial charge in [0.05, 0.1) is 0 Å². The quantitative estimate of drug-likeness (QED) is 0.693. The van der Waals surface area contributed by atoms with Crippen molar-refractivity contribution >= 4 is 5.91 Å². The lowest BCUT2D eigenvalue weighted by Crippen LogP contribution is -2.22. The average Bonchev–Trinajstić information content (AvgIpc) is 2.65. The van der Waals surface area contributed by atoms with E-state index in [2.05, 4.69) is 15.5 Å². The molecule has 0 spiro atoms. The van der Waals surface area contributed by atoms with Crippen molar-refractivity contribution in [3.63, 3.8) is 0 Å². The molecule has 1 aromatic heterocycles. The maximum absolute atomic E-state index is 11.1. The predicted octanol–water partition coefficient (Wildman–Crippen LogP) is -0.291. The highest BCUT2D eigenvalue weighted by molar-refractivity contribution is 5.89. The second-order valence-electron chi connectivity index (χ2n) is 2.96. The molecule has 14 heavy (non-hydrogen) atoms. The van der Waals surface area contributed by atoms with Gasteiger partial charge in [0.1, 0.15) is 0 Å². The molecule has 0 aliphatic carbocycles. The lowest BCUT2D eigenvalue weighted by molar-refractivity contribution is 0.0950. The molecule has 0 radical (unpaired) electrons. The second-order valence-corrected chi connectivity index (χ2v) is 2.96. The number of carbonyl (C=O) groups is 1. The summed E-state index contributed by atoms with van der Waals surface area (Å²) in [4.78, 5) is 15.0. The molecule has 0 saturated carbocycles. The minimum Gasteiger partial charge on any atom is -0.352 e. The van der Waals surface area contributed by atoms with E-state index in [1.807, 2.05) is 6.92 Å². The molecule has 78 valence electrons. The Morgan fingerprint density at radius 1 is 1.71 bits per heavy atom. The number of carbonyl (C=O) groups excluding carboxylic acids is 1. The summed E-state index contributed by atoms with van der Waals surface area (Å²) in [6.45, 7) is 1.97. The highest BCUT2D eigenvalue weighted by atomic mass is 16.5. The first-order chi connectivity index (χ1) is 6.67. The summed E-state index contributed by atoms with van der Waals surface area (Å²) in [6.07, 6.45) is 1.33. The van der Waals surface area contributed by atoms with Crippen LogP contribution in [0.15, 0.2) is 4.52 Å². The maximum atomic E-state index is 11.1. The third-order valence-corrected chi connectivity index (χ3v) is 1.86. The van der Waals surface area contributed by atoms with E-state index in [1.165, 1.54) is 7.05 Å². The molecule has 3 N–H and O–H groups in total. The Kier molecular flexibility index (Phi) is 3.58. The number of nitrogens with two attached hydrogens (primary N) is 1. The Morgan fingerprint density at radius 3 is 3.00 bits per heavy atom. The van der Waals surface area contributed by atoms with E-state index in [1.54, 1.807) is 0 Å². The molecular weight excluding hydrogens is 184 g/mol. The molecule has 0 fully saturated rings. The Hall–Kier alpha value is -1.43. The SMILES string of the molecule is CCC(N)Cc1nc(C(=O)NC)no1. The maximum Gasteiger partial charge on any atom is 0.292 e. The normalized spacial score (nSPS) is 12.5. The Bertz CT molecular complexity index is 310. The minimum atomic E-state index is -0.356. The Balaban J connectivity index is 2.63. The molecule has 6 nitrogen and oxygen atoms in total. The third kappa shape index (κ3) is 2.53. The first kappa shape index (κ1) is 10.6. The van der Waals surface area contributed by atoms with E-state index < -0.39 is 0 Å². The molecule has 1 rings (SSSR count). The van der Waals surface area contributed by atoms with Crippen molar-refractivity contribution in [1.82, 2.24) is 15.5 Å². The van der Waals surface area contributed by atoms with Crippen LogP contribution < -0.4 is 11.1 Å². The van der Waals surface area contributed by atoms with Gasteiger partial charge in [0.2, 0.25) is 5.89 Å². The molecule has 1 unspecified atom stereocenters. The van der Waals surface area contributed by atoms with Crippen LogP contribution in [0, 0.1) is 0 Å². The van der Waals surface area contributed by atoms with Crippen molar-refractivity contribution in [2.75, 3.05) is 7.05 Å². The van der Waals surface area contributed by atoms with E-state index in [4.69, 9.17) is 10.3 Å². The van der Waals surface area contributed by atoms with Crippen LogP contribution in [0.25, 0.3) is 0 Å². The highest BCUT2D eigenvalue weighted by Gasteiger charge is 2.14. The monoisotopic (exact) mass is 198 g/mol. The van der Waals surface area contributed by atoms with Gasteiger partial charge in [-0.05, 0) is 6.42 Å². The molecule has 1 heterocycles. The van der Waals surface area contributed by atoms with Gasteiger partial charge in [0.15, 0.2) is 0 Å². The van der Waals surface area contributed by atoms with Crippen LogP contribution in [-0.2, 0) is 6.42 Å². The number of aromatic nitrogens is 2. The number of nitrogens with zero attached hydrogens (tertiary/aromatic N) is 2. The summed E-state index contributed by atoms with van der Waals surface area (Å²) in [7, 11) is 1.51. The fourth-order valence-corrected chi connectivity index (χ4v) is 0.910. The highest BCUT2D eigenvalue weighted by Crippen LogP contribution is 2.02. The smallest absolute Gasteiger partial charge is 0.292 e. The van der Waals surface area contributed by atoms with Gasteiger partial charge in [-0.15, -0.1) is 0 Å². The number of hydrogen-bond donors (Lipinski definition) is 2. The third-order valence-electron chi connectivity index (χ3n) is 1.86. The van der Waals surface area contributed by atoms with E-state index in [9.17, 15) is 4.79 Å². The van der Waals surface area contributed by atoms with E-state index in [0.717, 1.165) is 6.42 Å². The van der Waals surface area contributed by atoms with Crippen LogP contribution in [0.1, 0.15) is 29.9 Å². The molecule has 0 bridgehead atoms. The van der Waals surface area contributed by atoms with Crippen molar-refractivity contribution in [1.29, 1.82) is 0 Å². The summed E-state index contributed by atoms with van der Waals surface area (Å²) in [5.41, 5.74) is 5.69. The average molecular weight is 198 g/mol. The van der Waals surface area contributed by atoms with Crippen molar-refractivity contribution in [2.24, 2.45) is 5.73 Å². The summed E-state index contributed by atoms with van der Waals surface area (Å²) in [5.74, 6) is 0.0915. The summed E-state index contributed by atoms with van der Waals surface area (Å²) in [6, 6.07) is -0.00649. The van der Waals surface area contributed by atoms with Crippen LogP contribution >= 0.6 is 0 Å². The Morgan fingerprint density at radius 2 is 2.43 bits per heavy atom. The van der Waals surface area contributed by atoms with Gasteiger partial charge < -0.3 is 15.6 Å². The fraction of sp³-hybridized carbons (Fsp3) is 0.625. The van der Waals surface area contributed by atoms with Gasteiger partial charge in [0, 0.05) is 19.5 Å². The van der Waals surface area contributed by atoms with Crippen molar-refractivity contribution < 1.29 is 9.32 Å². The predicted molar refractivity (Wildman–Crippen MR) is 49.7 cm³/mol. The van der Waals surface area contributed by atoms with E-state index >= 15 is 0 Å². The molecule has 0 aliphatic rings. The van der Waals surface area contributed by atoms with Crippen LogP contribution in [0.2, 0.25) is 0 Å². The molecule has 1 amide bonds. The lowest BCUT2D eigenvalue weighted by atomic mass is 10.2. The van der Waals surface area contributed by atoms with Crippen LogP contribution in [0.5, 0.6) is 0 Å². The van der Waals surface area contributed by atoms with Crippen LogP contribution in [0.4, 0.5) is 0 Å². The topological polar surface area (TPSA) is 94.0 Å². The lowest BCUT2D eigenvalue weighted by Gasteiger charge is -2.02. The van der Waals surface area contributed by atoms with Crippen molar-refractivity contribution in [3.8, 4) is 0 Å². The standard InChI is InChI=1S/C8H14N4O2/c1-3-5(9)4-6-11-7(12-14-6)8(13)10-2/h5H,3-4,9H2,1-2H3,(H,10,13). The molecular formula is C8H14N4O2. The Labute approximate surface area is 81.9 Å². The summed E-state index contributed by atoms with van der Waals surface area (Å²) < 4.78 is 4.86. The van der Waals surface area contributed by atoms with Gasteiger partial charge >= 0.3 is 0 Å². The first-order valence-corrected chi connectivity index (χ1v) is 4.47. The van der Waals surface area contributed by atoms with Crippen LogP contribution in [0.3, 0.4) is 0 Å². The van der Waals surface area contributed by atoms with Crippen molar-refractivity contribution in [3.05, 3.63) is 11.7 Å². The zero-order valence-corrected chi connectivity index (χ0v) is 8.28. The largest absolute Gasteiger partial charge is 0.352 e. The number of nitrogens with one attached hydrogen (secondary N) is 1. The molecule has 0 saturated heterocycles. The molecule has 1 aromatic rings. The van der Waals surface area contributed by atoms with Gasteiger partial charge in [-0.3, -0.25) is 4.79 Å². The fourth-order valence-electron chi connectivity index (χ4n) is 0.910. The van der Waals surface area contributed by atoms with Crippen LogP contribution in [-0.4, -0.2) is 29.1 Å². The zero-order chi connectivity index (χ0) is 10.6. The van der Waals surface area contributed by atoms with Gasteiger partial charge in [0.25, 0.3) is 11.7 Å². The van der Waals surface area contributed by atoms with Crippen molar-refractivity contribution in [2.45, 2.75) is 25.8 Å². The minimum absolute atomic E-state index is 0.00649. The van der Waals surface area contributed by atoms with E-state index in [0.29, 0.717) is 12.3 Å². The molecule has 0 aromatic carbocycles. The number of rotatable bonds is 4. The summed E-state index contributed by atoms with van der Waals surface area (Å²) >= 11 is 0.